The minimum absolute atomic E-state index is 0.0788. The molecule has 0 atom stereocenters. The highest BCUT2D eigenvalue weighted by atomic mass is 16.6. The van der Waals surface area contributed by atoms with Gasteiger partial charge in [0.25, 0.3) is 11.8 Å². The smallest absolute Gasteiger partial charge is 0.407 e. The summed E-state index contributed by atoms with van der Waals surface area (Å²) in [6.45, 7) is 10.9. The van der Waals surface area contributed by atoms with E-state index >= 15 is 0 Å². The molecule has 9 nitrogen and oxygen atoms in total. The Balaban J connectivity index is 1.90. The van der Waals surface area contributed by atoms with Crippen LogP contribution >= 0.6 is 0 Å². The van der Waals surface area contributed by atoms with Gasteiger partial charge in [-0.05, 0) is 45.7 Å². The van der Waals surface area contributed by atoms with Gasteiger partial charge in [0.1, 0.15) is 11.3 Å². The number of hydrogen-bond acceptors (Lipinski definition) is 5. The molecule has 0 fully saturated rings. The fraction of sp³-hybridized carbons (Fsp3) is 0.455. The Bertz CT molecular complexity index is 895. The summed E-state index contributed by atoms with van der Waals surface area (Å²) in [5, 5.41) is 5.49. The quantitative estimate of drug-likeness (QED) is 0.597. The second-order valence-electron chi connectivity index (χ2n) is 7.96. The van der Waals surface area contributed by atoms with Crippen LogP contribution in [-0.2, 0) is 17.8 Å². The lowest BCUT2D eigenvalue weighted by Gasteiger charge is -2.19. The average Bonchev–Trinajstić information content (AvgIpc) is 3.21. The molecule has 0 radical (unpaired) electrons. The van der Waals surface area contributed by atoms with Crippen LogP contribution in [-0.4, -0.2) is 51.5 Å². The summed E-state index contributed by atoms with van der Waals surface area (Å²) >= 11 is 0. The zero-order valence-corrected chi connectivity index (χ0v) is 18.7. The van der Waals surface area contributed by atoms with Crippen LogP contribution in [0.1, 0.15) is 66.7 Å². The Hall–Kier alpha value is -3.36. The summed E-state index contributed by atoms with van der Waals surface area (Å²) in [4.78, 5) is 45.2. The van der Waals surface area contributed by atoms with E-state index in [1.807, 2.05) is 38.1 Å². The molecule has 0 aliphatic rings. The van der Waals surface area contributed by atoms with Gasteiger partial charge in [0.15, 0.2) is 5.69 Å². The number of alkyl carbamates (subject to hydrolysis) is 1. The number of H-pyrrole nitrogens is 1. The van der Waals surface area contributed by atoms with Crippen molar-refractivity contribution in [3.05, 3.63) is 53.1 Å². The summed E-state index contributed by atoms with van der Waals surface area (Å²) in [7, 11) is 0. The van der Waals surface area contributed by atoms with E-state index in [1.54, 1.807) is 25.7 Å². The largest absolute Gasteiger partial charge is 0.444 e. The lowest BCUT2D eigenvalue weighted by atomic mass is 10.1. The molecule has 0 aliphatic carbocycles. The van der Waals surface area contributed by atoms with E-state index in [1.165, 1.54) is 6.33 Å². The number of imidazole rings is 1. The molecule has 1 heterocycles. The maximum Gasteiger partial charge on any atom is 0.407 e. The van der Waals surface area contributed by atoms with E-state index in [4.69, 9.17) is 4.74 Å². The van der Waals surface area contributed by atoms with Gasteiger partial charge in [0.2, 0.25) is 0 Å². The highest BCUT2D eigenvalue weighted by Gasteiger charge is 2.23. The van der Waals surface area contributed by atoms with Crippen LogP contribution in [0.15, 0.2) is 30.6 Å². The molecule has 0 aliphatic heterocycles. The third kappa shape index (κ3) is 7.13. The molecule has 1 aromatic heterocycles. The Morgan fingerprint density at radius 3 is 2.06 bits per heavy atom. The first-order valence-corrected chi connectivity index (χ1v) is 10.3. The van der Waals surface area contributed by atoms with Crippen molar-refractivity contribution in [3.63, 3.8) is 0 Å². The van der Waals surface area contributed by atoms with Crippen molar-refractivity contribution >= 4 is 17.9 Å². The van der Waals surface area contributed by atoms with Gasteiger partial charge in [-0.3, -0.25) is 9.59 Å². The van der Waals surface area contributed by atoms with Crippen molar-refractivity contribution in [2.75, 3.05) is 13.1 Å². The molecule has 168 valence electrons. The molecular weight excluding hydrogens is 398 g/mol. The lowest BCUT2D eigenvalue weighted by molar-refractivity contribution is 0.0523. The number of carbonyl (C=O) groups is 3. The SMILES string of the molecule is CCN(CC)C(=O)c1[nH]cnc1C(=O)NCc1ccc(CNC(=O)OC(C)(C)C)cc1. The Morgan fingerprint density at radius 2 is 1.55 bits per heavy atom. The molecule has 2 aromatic rings. The van der Waals surface area contributed by atoms with Crippen molar-refractivity contribution < 1.29 is 19.1 Å². The van der Waals surface area contributed by atoms with Crippen molar-refractivity contribution in [3.8, 4) is 0 Å². The van der Waals surface area contributed by atoms with Crippen molar-refractivity contribution in [2.45, 2.75) is 53.3 Å². The van der Waals surface area contributed by atoms with Gasteiger partial charge in [-0.1, -0.05) is 24.3 Å². The Labute approximate surface area is 182 Å². The topological polar surface area (TPSA) is 116 Å². The van der Waals surface area contributed by atoms with E-state index in [9.17, 15) is 14.4 Å². The molecule has 0 spiro atoms. The van der Waals surface area contributed by atoms with Gasteiger partial charge < -0.3 is 25.3 Å². The molecule has 31 heavy (non-hydrogen) atoms. The van der Waals surface area contributed by atoms with Crippen molar-refractivity contribution in [1.29, 1.82) is 0 Å². The number of ether oxygens (including phenoxy) is 1. The number of nitrogens with zero attached hydrogens (tertiary/aromatic N) is 2. The van der Waals surface area contributed by atoms with Gasteiger partial charge in [0.05, 0.1) is 6.33 Å². The van der Waals surface area contributed by atoms with E-state index in [2.05, 4.69) is 20.6 Å². The van der Waals surface area contributed by atoms with Gasteiger partial charge in [0, 0.05) is 26.2 Å². The van der Waals surface area contributed by atoms with Crippen LogP contribution < -0.4 is 10.6 Å². The van der Waals surface area contributed by atoms with Crippen LogP contribution in [0.2, 0.25) is 0 Å². The number of rotatable bonds is 8. The maximum absolute atomic E-state index is 12.5. The second kappa shape index (κ2) is 10.6. The van der Waals surface area contributed by atoms with Gasteiger partial charge in [-0.15, -0.1) is 0 Å². The fourth-order valence-corrected chi connectivity index (χ4v) is 2.83. The molecule has 9 heteroatoms. The number of hydrogen-bond donors (Lipinski definition) is 3. The molecule has 0 unspecified atom stereocenters. The summed E-state index contributed by atoms with van der Waals surface area (Å²) < 4.78 is 5.21. The maximum atomic E-state index is 12.5. The van der Waals surface area contributed by atoms with Gasteiger partial charge in [-0.2, -0.15) is 0 Å². The summed E-state index contributed by atoms with van der Waals surface area (Å²) in [5.74, 6) is -0.679. The highest BCUT2D eigenvalue weighted by molar-refractivity contribution is 6.04. The first kappa shape index (κ1) is 23.9. The first-order chi connectivity index (χ1) is 14.6. The molecule has 0 saturated heterocycles. The highest BCUT2D eigenvalue weighted by Crippen LogP contribution is 2.10. The molecule has 0 saturated carbocycles. The number of carbonyl (C=O) groups excluding carboxylic acids is 3. The van der Waals surface area contributed by atoms with Crippen LogP contribution in [0.3, 0.4) is 0 Å². The van der Waals surface area contributed by atoms with Crippen LogP contribution in [0.25, 0.3) is 0 Å². The van der Waals surface area contributed by atoms with Gasteiger partial charge in [-0.25, -0.2) is 9.78 Å². The fourth-order valence-electron chi connectivity index (χ4n) is 2.83. The molecular formula is C22H31N5O4. The predicted molar refractivity (Wildman–Crippen MR) is 117 cm³/mol. The van der Waals surface area contributed by atoms with Crippen LogP contribution in [0.5, 0.6) is 0 Å². The van der Waals surface area contributed by atoms with Crippen molar-refractivity contribution in [1.82, 2.24) is 25.5 Å². The van der Waals surface area contributed by atoms with Crippen LogP contribution in [0, 0.1) is 0 Å². The number of benzene rings is 1. The zero-order valence-electron chi connectivity index (χ0n) is 18.7. The summed E-state index contributed by atoms with van der Waals surface area (Å²) in [6, 6.07) is 7.45. The van der Waals surface area contributed by atoms with E-state index in [0.29, 0.717) is 19.6 Å². The second-order valence-corrected chi connectivity index (χ2v) is 7.96. The third-order valence-corrected chi connectivity index (χ3v) is 4.43. The molecule has 1 aromatic carbocycles. The lowest BCUT2D eigenvalue weighted by Crippen LogP contribution is -2.33. The summed E-state index contributed by atoms with van der Waals surface area (Å²) in [5.41, 5.74) is 1.50. The minimum Gasteiger partial charge on any atom is -0.444 e. The van der Waals surface area contributed by atoms with Crippen molar-refractivity contribution in [2.24, 2.45) is 0 Å². The first-order valence-electron chi connectivity index (χ1n) is 10.3. The normalized spacial score (nSPS) is 11.0. The van der Waals surface area contributed by atoms with Crippen LogP contribution in [0.4, 0.5) is 4.79 Å². The number of aromatic amines is 1. The Morgan fingerprint density at radius 1 is 1.00 bits per heavy atom. The van der Waals surface area contributed by atoms with E-state index in [-0.39, 0.29) is 23.8 Å². The summed E-state index contributed by atoms with van der Waals surface area (Å²) in [6.07, 6.45) is 0.871. The number of nitrogens with one attached hydrogen (secondary N) is 3. The average molecular weight is 430 g/mol. The molecule has 3 amide bonds. The zero-order chi connectivity index (χ0) is 23.0. The third-order valence-electron chi connectivity index (χ3n) is 4.43. The number of aromatic nitrogens is 2. The predicted octanol–water partition coefficient (Wildman–Crippen LogP) is 2.85. The minimum atomic E-state index is -0.545. The molecule has 3 N–H and O–H groups in total. The van der Waals surface area contributed by atoms with Gasteiger partial charge >= 0.3 is 6.09 Å². The standard InChI is InChI=1S/C22H31N5O4/c1-6-27(7-2)20(29)18-17(25-14-26-18)19(28)23-12-15-8-10-16(11-9-15)13-24-21(30)31-22(3,4)5/h8-11,14H,6-7,12-13H2,1-5H3,(H,23,28)(H,24,30)(H,25,26). The number of amides is 3. The molecule has 2 rings (SSSR count). The van der Waals surface area contributed by atoms with E-state index < -0.39 is 17.6 Å². The molecule has 0 bridgehead atoms. The monoisotopic (exact) mass is 429 g/mol. The Kier molecular flexibility index (Phi) is 8.18. The van der Waals surface area contributed by atoms with E-state index in [0.717, 1.165) is 11.1 Å².